The van der Waals surface area contributed by atoms with Gasteiger partial charge in [0.05, 0.1) is 31.1 Å². The normalized spacial score (nSPS) is 10.9. The van der Waals surface area contributed by atoms with Crippen LogP contribution in [0.1, 0.15) is 17.4 Å². The Morgan fingerprint density at radius 3 is 2.61 bits per heavy atom. The van der Waals surface area contributed by atoms with Crippen molar-refractivity contribution in [2.45, 2.75) is 27.3 Å². The molecule has 170 valence electrons. The molecule has 0 aliphatic rings. The van der Waals surface area contributed by atoms with Gasteiger partial charge in [-0.3, -0.25) is 14.2 Å². The molecule has 0 aliphatic heterocycles. The average molecular weight is 464 g/mol. The number of hydrogen-bond donors (Lipinski definition) is 1. The summed E-state index contributed by atoms with van der Waals surface area (Å²) in [6.45, 7) is 6.27. The van der Waals surface area contributed by atoms with Crippen LogP contribution < -0.4 is 20.3 Å². The number of fused-ring (bicyclic) bond motifs is 1. The molecule has 0 saturated heterocycles. The number of aryl methyl sites for hydroxylation is 2. The van der Waals surface area contributed by atoms with Crippen LogP contribution in [0.4, 0.5) is 5.69 Å². The monoisotopic (exact) mass is 463 g/mol. The fourth-order valence-corrected chi connectivity index (χ4v) is 4.75. The van der Waals surface area contributed by atoms with Crippen molar-refractivity contribution in [3.05, 3.63) is 69.6 Å². The molecular weight excluding hydrogens is 438 g/mol. The average Bonchev–Trinajstić information content (AvgIpc) is 3.13. The molecule has 0 aliphatic carbocycles. The Labute approximate surface area is 195 Å². The lowest BCUT2D eigenvalue weighted by atomic mass is 10.0. The molecule has 0 saturated carbocycles. The van der Waals surface area contributed by atoms with Gasteiger partial charge in [0.25, 0.3) is 5.56 Å². The fraction of sp³-hybridized carbons (Fsp3) is 0.240. The number of carbonyl (C=O) groups is 1. The summed E-state index contributed by atoms with van der Waals surface area (Å²) in [7, 11) is 1.55. The third kappa shape index (κ3) is 4.61. The van der Waals surface area contributed by atoms with Crippen molar-refractivity contribution in [1.29, 1.82) is 0 Å². The van der Waals surface area contributed by atoms with Gasteiger partial charge in [-0.2, -0.15) is 0 Å². The number of ether oxygens (including phenoxy) is 2. The number of carbonyl (C=O) groups excluding carboxylic acids is 1. The molecular formula is C25H25N3O4S. The van der Waals surface area contributed by atoms with Gasteiger partial charge < -0.3 is 14.8 Å². The van der Waals surface area contributed by atoms with Gasteiger partial charge in [-0.25, -0.2) is 4.98 Å². The Morgan fingerprint density at radius 2 is 1.91 bits per heavy atom. The van der Waals surface area contributed by atoms with Crippen molar-refractivity contribution < 1.29 is 14.3 Å². The topological polar surface area (TPSA) is 82.5 Å². The summed E-state index contributed by atoms with van der Waals surface area (Å²) >= 11 is 1.47. The summed E-state index contributed by atoms with van der Waals surface area (Å²) < 4.78 is 12.2. The lowest BCUT2D eigenvalue weighted by Crippen LogP contribution is -2.28. The quantitative estimate of drug-likeness (QED) is 0.426. The smallest absolute Gasteiger partial charge is 0.263 e. The predicted octanol–water partition coefficient (Wildman–Crippen LogP) is 4.79. The molecule has 2 aromatic heterocycles. The van der Waals surface area contributed by atoms with Crippen molar-refractivity contribution in [3.63, 3.8) is 0 Å². The van der Waals surface area contributed by atoms with Crippen molar-refractivity contribution in [2.75, 3.05) is 19.0 Å². The SMILES string of the molecule is CCOc1ccc(-c2c(C)sc3ncn(CC(=O)Nc4cc(C)ccc4OC)c(=O)c23)cc1. The second kappa shape index (κ2) is 9.46. The maximum Gasteiger partial charge on any atom is 0.263 e. The van der Waals surface area contributed by atoms with E-state index in [1.165, 1.54) is 22.2 Å². The highest BCUT2D eigenvalue weighted by Crippen LogP contribution is 2.36. The molecule has 0 bridgehead atoms. The number of aromatic nitrogens is 2. The van der Waals surface area contributed by atoms with Crippen LogP contribution in [0.2, 0.25) is 0 Å². The van der Waals surface area contributed by atoms with Gasteiger partial charge in [0.2, 0.25) is 5.91 Å². The van der Waals surface area contributed by atoms with Crippen LogP contribution in [0, 0.1) is 13.8 Å². The van der Waals surface area contributed by atoms with Crippen LogP contribution in [-0.2, 0) is 11.3 Å². The Balaban J connectivity index is 1.67. The van der Waals surface area contributed by atoms with Crippen molar-refractivity contribution in [3.8, 4) is 22.6 Å². The molecule has 0 radical (unpaired) electrons. The van der Waals surface area contributed by atoms with Crippen molar-refractivity contribution in [1.82, 2.24) is 9.55 Å². The fourth-order valence-electron chi connectivity index (χ4n) is 3.75. The second-order valence-electron chi connectivity index (χ2n) is 7.60. The number of thiophene rings is 1. The molecule has 2 aromatic carbocycles. The number of anilines is 1. The molecule has 4 rings (SSSR count). The van der Waals surface area contributed by atoms with Crippen molar-refractivity contribution in [2.24, 2.45) is 0 Å². The third-order valence-corrected chi connectivity index (χ3v) is 6.27. The molecule has 8 heteroatoms. The van der Waals surface area contributed by atoms with E-state index >= 15 is 0 Å². The minimum absolute atomic E-state index is 0.156. The molecule has 7 nitrogen and oxygen atoms in total. The number of nitrogens with zero attached hydrogens (tertiary/aromatic N) is 2. The standard InChI is InChI=1S/C25H25N3O4S/c1-5-32-18-9-7-17(8-10-18)22-16(3)33-24-23(22)25(30)28(14-26-24)13-21(29)27-19-12-15(2)6-11-20(19)31-4/h6-12,14H,5,13H2,1-4H3,(H,27,29). The van der Waals surface area contributed by atoms with E-state index in [0.717, 1.165) is 27.3 Å². The minimum atomic E-state index is -0.336. The Kier molecular flexibility index (Phi) is 6.46. The number of amides is 1. The maximum absolute atomic E-state index is 13.4. The third-order valence-electron chi connectivity index (χ3n) is 5.25. The van der Waals surface area contributed by atoms with Gasteiger partial charge >= 0.3 is 0 Å². The van der Waals surface area contributed by atoms with Gasteiger partial charge in [0, 0.05) is 10.4 Å². The largest absolute Gasteiger partial charge is 0.495 e. The first-order valence-electron chi connectivity index (χ1n) is 10.6. The minimum Gasteiger partial charge on any atom is -0.495 e. The Bertz CT molecular complexity index is 1370. The summed E-state index contributed by atoms with van der Waals surface area (Å²) in [5.74, 6) is 0.995. The van der Waals surface area contributed by atoms with Crippen LogP contribution >= 0.6 is 11.3 Å². The van der Waals surface area contributed by atoms with Gasteiger partial charge in [0.15, 0.2) is 0 Å². The van der Waals surface area contributed by atoms with E-state index in [-0.39, 0.29) is 18.0 Å². The number of rotatable bonds is 7. The number of benzene rings is 2. The maximum atomic E-state index is 13.4. The zero-order valence-corrected chi connectivity index (χ0v) is 19.8. The van der Waals surface area contributed by atoms with E-state index in [0.29, 0.717) is 28.3 Å². The lowest BCUT2D eigenvalue weighted by molar-refractivity contribution is -0.116. The van der Waals surface area contributed by atoms with Crippen LogP contribution in [0.25, 0.3) is 21.3 Å². The highest BCUT2D eigenvalue weighted by atomic mass is 32.1. The van der Waals surface area contributed by atoms with E-state index in [9.17, 15) is 9.59 Å². The van der Waals surface area contributed by atoms with E-state index in [1.54, 1.807) is 13.2 Å². The number of methoxy groups -OCH3 is 1. The molecule has 4 aromatic rings. The van der Waals surface area contributed by atoms with Crippen LogP contribution in [0.5, 0.6) is 11.5 Å². The van der Waals surface area contributed by atoms with Gasteiger partial charge in [-0.05, 0) is 56.2 Å². The summed E-state index contributed by atoms with van der Waals surface area (Å²) in [6, 6.07) is 13.2. The van der Waals surface area contributed by atoms with Crippen molar-refractivity contribution >= 4 is 33.1 Å². The number of hydrogen-bond acceptors (Lipinski definition) is 6. The predicted molar refractivity (Wildman–Crippen MR) is 132 cm³/mol. The Morgan fingerprint density at radius 1 is 1.15 bits per heavy atom. The first kappa shape index (κ1) is 22.5. The van der Waals surface area contributed by atoms with Gasteiger partial charge in [0.1, 0.15) is 22.9 Å². The van der Waals surface area contributed by atoms with E-state index in [1.807, 2.05) is 57.2 Å². The first-order chi connectivity index (χ1) is 15.9. The van der Waals surface area contributed by atoms with Gasteiger partial charge in [-0.15, -0.1) is 11.3 Å². The van der Waals surface area contributed by atoms with E-state index in [2.05, 4.69) is 10.3 Å². The van der Waals surface area contributed by atoms with E-state index < -0.39 is 0 Å². The summed E-state index contributed by atoms with van der Waals surface area (Å²) in [6.07, 6.45) is 1.43. The molecule has 1 N–H and O–H groups in total. The zero-order valence-electron chi connectivity index (χ0n) is 19.0. The molecule has 2 heterocycles. The van der Waals surface area contributed by atoms with Crippen LogP contribution in [0.3, 0.4) is 0 Å². The highest BCUT2D eigenvalue weighted by Gasteiger charge is 2.18. The molecule has 0 atom stereocenters. The first-order valence-corrected chi connectivity index (χ1v) is 11.4. The molecule has 1 amide bonds. The zero-order chi connectivity index (χ0) is 23.5. The second-order valence-corrected chi connectivity index (χ2v) is 8.80. The van der Waals surface area contributed by atoms with Crippen LogP contribution in [-0.4, -0.2) is 29.2 Å². The molecule has 33 heavy (non-hydrogen) atoms. The molecule has 0 fully saturated rings. The lowest BCUT2D eigenvalue weighted by Gasteiger charge is -2.12. The molecule has 0 spiro atoms. The summed E-state index contributed by atoms with van der Waals surface area (Å²) in [5.41, 5.74) is 3.05. The van der Waals surface area contributed by atoms with E-state index in [4.69, 9.17) is 9.47 Å². The number of nitrogens with one attached hydrogen (secondary N) is 1. The highest BCUT2D eigenvalue weighted by molar-refractivity contribution is 7.19. The Hall–Kier alpha value is -3.65. The van der Waals surface area contributed by atoms with Crippen LogP contribution in [0.15, 0.2) is 53.6 Å². The van der Waals surface area contributed by atoms with Gasteiger partial charge in [-0.1, -0.05) is 18.2 Å². The molecule has 0 unspecified atom stereocenters. The summed E-state index contributed by atoms with van der Waals surface area (Å²) in [5, 5.41) is 3.35. The summed E-state index contributed by atoms with van der Waals surface area (Å²) in [4.78, 5) is 32.2.